The van der Waals surface area contributed by atoms with Crippen molar-refractivity contribution in [2.45, 2.75) is 34.6 Å². The van der Waals surface area contributed by atoms with E-state index in [-0.39, 0.29) is 6.54 Å². The molecule has 0 amide bonds. The van der Waals surface area contributed by atoms with Crippen molar-refractivity contribution in [3.8, 4) is 18.0 Å². The van der Waals surface area contributed by atoms with E-state index in [0.29, 0.717) is 17.0 Å². The molecule has 1 N–H and O–H groups in total. The van der Waals surface area contributed by atoms with Gasteiger partial charge in [0.05, 0.1) is 17.8 Å². The van der Waals surface area contributed by atoms with E-state index in [1.807, 2.05) is 46.8 Å². The molecule has 0 bridgehead atoms. The number of pyridine rings is 2. The van der Waals surface area contributed by atoms with Crippen LogP contribution in [-0.2, 0) is 0 Å². The third kappa shape index (κ3) is 4.55. The molecular weight excluding hydrogens is 326 g/mol. The van der Waals surface area contributed by atoms with Gasteiger partial charge in [-0.05, 0) is 18.6 Å². The minimum absolute atomic E-state index is 0.216. The number of anilines is 1. The van der Waals surface area contributed by atoms with Crippen LogP contribution >= 0.6 is 0 Å². The van der Waals surface area contributed by atoms with E-state index in [1.165, 1.54) is 6.20 Å². The molecule has 7 heteroatoms. The van der Waals surface area contributed by atoms with Crippen molar-refractivity contribution < 1.29 is 0 Å². The molecule has 3 heterocycles. The Bertz CT molecular complexity index is 929. The van der Waals surface area contributed by atoms with Gasteiger partial charge < -0.3 is 5.32 Å². The monoisotopic (exact) mass is 349 g/mol. The van der Waals surface area contributed by atoms with Crippen molar-refractivity contribution >= 4 is 16.7 Å². The summed E-state index contributed by atoms with van der Waals surface area (Å²) in [5.41, 5.74) is 2.88. The summed E-state index contributed by atoms with van der Waals surface area (Å²) in [5, 5.41) is 25.7. The number of aryl methyl sites for hydroxylation is 1. The van der Waals surface area contributed by atoms with Crippen LogP contribution in [0.25, 0.3) is 16.9 Å². The fourth-order valence-electron chi connectivity index (χ4n) is 2.10. The highest BCUT2D eigenvalue weighted by Crippen LogP contribution is 2.20. The molecule has 7 nitrogen and oxygen atoms in total. The van der Waals surface area contributed by atoms with Gasteiger partial charge in [-0.15, -0.1) is 0 Å². The zero-order chi connectivity index (χ0) is 19.5. The van der Waals surface area contributed by atoms with E-state index in [0.717, 1.165) is 16.6 Å². The van der Waals surface area contributed by atoms with Crippen LogP contribution in [0.3, 0.4) is 0 Å². The molecule has 134 valence electrons. The van der Waals surface area contributed by atoms with E-state index < -0.39 is 0 Å². The number of hydrogen-bond acceptors (Lipinski definition) is 6. The first-order chi connectivity index (χ1) is 12.7. The number of nitriles is 2. The van der Waals surface area contributed by atoms with Gasteiger partial charge in [-0.1, -0.05) is 27.7 Å². The van der Waals surface area contributed by atoms with E-state index >= 15 is 0 Å². The highest BCUT2D eigenvalue weighted by molar-refractivity contribution is 5.77. The minimum Gasteiger partial charge on any atom is -0.372 e. The van der Waals surface area contributed by atoms with Gasteiger partial charge in [-0.3, -0.25) is 0 Å². The summed E-state index contributed by atoms with van der Waals surface area (Å²) in [6.45, 7) is 10.1. The maximum absolute atomic E-state index is 8.91. The van der Waals surface area contributed by atoms with Crippen molar-refractivity contribution in [1.82, 2.24) is 19.7 Å². The highest BCUT2D eigenvalue weighted by atomic mass is 15.3. The maximum atomic E-state index is 8.91. The first kappa shape index (κ1) is 20.6. The molecule has 0 aliphatic rings. The Morgan fingerprint density at radius 2 is 1.77 bits per heavy atom. The second-order valence-electron chi connectivity index (χ2n) is 4.67. The minimum atomic E-state index is 0.216. The smallest absolute Gasteiger partial charge is 0.164 e. The van der Waals surface area contributed by atoms with Gasteiger partial charge in [-0.2, -0.15) is 20.3 Å². The quantitative estimate of drug-likeness (QED) is 0.717. The number of aromatic nitrogens is 4. The molecule has 0 fully saturated rings. The number of nitrogens with one attached hydrogen (secondary N) is 1. The molecule has 0 aliphatic carbocycles. The molecule has 0 atom stereocenters. The normalized spacial score (nSPS) is 9.04. The molecule has 0 aromatic carbocycles. The average molecular weight is 349 g/mol. The zero-order valence-electron chi connectivity index (χ0n) is 15.8. The van der Waals surface area contributed by atoms with E-state index in [4.69, 9.17) is 10.5 Å². The molecule has 0 aliphatic heterocycles. The standard InChI is InChI=1S/C15H11N7.2C2H6/c1-10-7-19-14(5-13(10)18-3-2-16)22-15-12(9-21-22)4-11(6-17)8-20-15;2*1-2/h4-5,7-9H,3H2,1H3,(H,18,19);2*1-2H3. The fourth-order valence-corrected chi connectivity index (χ4v) is 2.10. The van der Waals surface area contributed by atoms with Crippen LogP contribution in [-0.4, -0.2) is 26.3 Å². The molecule has 3 rings (SSSR count). The molecule has 0 unspecified atom stereocenters. The third-order valence-electron chi connectivity index (χ3n) is 3.20. The number of fused-ring (bicyclic) bond motifs is 1. The Balaban J connectivity index is 0.000000791. The van der Waals surface area contributed by atoms with Crippen LogP contribution < -0.4 is 5.32 Å². The van der Waals surface area contributed by atoms with Crippen LogP contribution in [0.2, 0.25) is 0 Å². The summed E-state index contributed by atoms with van der Waals surface area (Å²) in [6, 6.07) is 7.64. The summed E-state index contributed by atoms with van der Waals surface area (Å²) < 4.78 is 1.60. The predicted molar refractivity (Wildman–Crippen MR) is 103 cm³/mol. The molecule has 0 saturated carbocycles. The van der Waals surface area contributed by atoms with Gasteiger partial charge in [0.25, 0.3) is 0 Å². The molecular formula is C19H23N7. The van der Waals surface area contributed by atoms with Gasteiger partial charge in [0.1, 0.15) is 12.6 Å². The summed E-state index contributed by atoms with van der Waals surface area (Å²) in [7, 11) is 0. The summed E-state index contributed by atoms with van der Waals surface area (Å²) in [6.07, 6.45) is 4.86. The lowest BCUT2D eigenvalue weighted by atomic mass is 10.2. The van der Waals surface area contributed by atoms with Crippen LogP contribution in [0.1, 0.15) is 38.8 Å². The van der Waals surface area contributed by atoms with E-state index in [9.17, 15) is 0 Å². The van der Waals surface area contributed by atoms with Gasteiger partial charge in [0, 0.05) is 29.5 Å². The lowest BCUT2D eigenvalue weighted by molar-refractivity contribution is 0.861. The highest BCUT2D eigenvalue weighted by Gasteiger charge is 2.10. The van der Waals surface area contributed by atoms with Crippen molar-refractivity contribution in [1.29, 1.82) is 10.5 Å². The van der Waals surface area contributed by atoms with Gasteiger partial charge in [0.2, 0.25) is 0 Å². The summed E-state index contributed by atoms with van der Waals surface area (Å²) >= 11 is 0. The summed E-state index contributed by atoms with van der Waals surface area (Å²) in [5.74, 6) is 0.596. The van der Waals surface area contributed by atoms with Crippen LogP contribution in [0.4, 0.5) is 5.69 Å². The SMILES string of the molecule is CC.CC.Cc1cnc(-n2ncc3cc(C#N)cnc32)cc1NCC#N. The topological polar surface area (TPSA) is 103 Å². The summed E-state index contributed by atoms with van der Waals surface area (Å²) in [4.78, 5) is 8.62. The van der Waals surface area contributed by atoms with Crippen LogP contribution in [0, 0.1) is 29.6 Å². The van der Waals surface area contributed by atoms with Crippen molar-refractivity contribution in [2.75, 3.05) is 11.9 Å². The Hall–Kier alpha value is -3.45. The lowest BCUT2D eigenvalue weighted by Gasteiger charge is -2.09. The van der Waals surface area contributed by atoms with Crippen molar-refractivity contribution in [2.24, 2.45) is 0 Å². The number of nitrogens with zero attached hydrogens (tertiary/aromatic N) is 6. The predicted octanol–water partition coefficient (Wildman–Crippen LogP) is 3.98. The van der Waals surface area contributed by atoms with E-state index in [1.54, 1.807) is 23.1 Å². The molecule has 0 spiro atoms. The van der Waals surface area contributed by atoms with Gasteiger partial charge >= 0.3 is 0 Å². The van der Waals surface area contributed by atoms with Crippen molar-refractivity contribution in [3.05, 3.63) is 41.9 Å². The average Bonchev–Trinajstić information content (AvgIpc) is 3.13. The van der Waals surface area contributed by atoms with Crippen LogP contribution in [0.15, 0.2) is 30.7 Å². The lowest BCUT2D eigenvalue weighted by Crippen LogP contribution is -2.05. The second-order valence-corrected chi connectivity index (χ2v) is 4.67. The van der Waals surface area contributed by atoms with Crippen LogP contribution in [0.5, 0.6) is 0 Å². The Labute approximate surface area is 153 Å². The van der Waals surface area contributed by atoms with Gasteiger partial charge in [0.15, 0.2) is 11.5 Å². The maximum Gasteiger partial charge on any atom is 0.164 e. The first-order valence-corrected chi connectivity index (χ1v) is 8.54. The molecule has 26 heavy (non-hydrogen) atoms. The zero-order valence-corrected chi connectivity index (χ0v) is 15.8. The van der Waals surface area contributed by atoms with Crippen molar-refractivity contribution in [3.63, 3.8) is 0 Å². The largest absolute Gasteiger partial charge is 0.372 e. The molecule has 3 aromatic heterocycles. The Kier molecular flexibility index (Phi) is 8.26. The molecule has 0 saturated heterocycles. The second kappa shape index (κ2) is 10.4. The fraction of sp³-hybridized carbons (Fsp3) is 0.316. The number of hydrogen-bond donors (Lipinski definition) is 1. The molecule has 3 aromatic rings. The van der Waals surface area contributed by atoms with Gasteiger partial charge in [-0.25, -0.2) is 9.97 Å². The van der Waals surface area contributed by atoms with E-state index in [2.05, 4.69) is 26.5 Å². The molecule has 0 radical (unpaired) electrons. The first-order valence-electron chi connectivity index (χ1n) is 8.54. The number of rotatable bonds is 3. The Morgan fingerprint density at radius 3 is 2.42 bits per heavy atom. The third-order valence-corrected chi connectivity index (χ3v) is 3.20. The Morgan fingerprint density at radius 1 is 1.04 bits per heavy atom.